The predicted molar refractivity (Wildman–Crippen MR) is 104 cm³/mol. The lowest BCUT2D eigenvalue weighted by atomic mass is 10.0. The third-order valence-corrected chi connectivity index (χ3v) is 4.33. The molecule has 1 aromatic heterocycles. The summed E-state index contributed by atoms with van der Waals surface area (Å²) >= 11 is 0. The number of benzene rings is 3. The summed E-state index contributed by atoms with van der Waals surface area (Å²) in [4.78, 5) is 25.3. The lowest BCUT2D eigenvalue weighted by Crippen LogP contribution is -2.15. The molecular weight excluding hydrogens is 342 g/mol. The SMILES string of the molecule is CCOC(=O)c1oc2ccccc2c1NC(=O)c1cccc2ccccc12. The zero-order valence-electron chi connectivity index (χ0n) is 14.7. The average Bonchev–Trinajstić information content (AvgIpc) is 3.06. The molecule has 0 spiro atoms. The quantitative estimate of drug-likeness (QED) is 0.520. The lowest BCUT2D eigenvalue weighted by molar-refractivity contribution is 0.0494. The fourth-order valence-electron chi connectivity index (χ4n) is 3.11. The maximum absolute atomic E-state index is 13.0. The van der Waals surface area contributed by atoms with Crippen molar-refractivity contribution in [3.8, 4) is 0 Å². The maximum Gasteiger partial charge on any atom is 0.376 e. The van der Waals surface area contributed by atoms with Gasteiger partial charge in [0.15, 0.2) is 0 Å². The Morgan fingerprint density at radius 2 is 1.63 bits per heavy atom. The molecular formula is C22H17NO4. The van der Waals surface area contributed by atoms with Crippen molar-refractivity contribution in [2.45, 2.75) is 6.92 Å². The molecule has 1 heterocycles. The van der Waals surface area contributed by atoms with Crippen LogP contribution < -0.4 is 5.32 Å². The first kappa shape index (κ1) is 16.8. The van der Waals surface area contributed by atoms with E-state index in [-0.39, 0.29) is 18.3 Å². The summed E-state index contributed by atoms with van der Waals surface area (Å²) < 4.78 is 10.7. The van der Waals surface area contributed by atoms with E-state index < -0.39 is 5.97 Å². The van der Waals surface area contributed by atoms with Crippen LogP contribution in [0.1, 0.15) is 27.8 Å². The summed E-state index contributed by atoms with van der Waals surface area (Å²) in [5.41, 5.74) is 1.35. The van der Waals surface area contributed by atoms with Gasteiger partial charge in [-0.15, -0.1) is 0 Å². The second kappa shape index (κ2) is 6.96. The van der Waals surface area contributed by atoms with Gasteiger partial charge in [0.1, 0.15) is 11.3 Å². The molecule has 4 rings (SSSR count). The molecule has 0 radical (unpaired) electrons. The molecule has 0 aliphatic rings. The molecule has 0 atom stereocenters. The van der Waals surface area contributed by atoms with Crippen molar-refractivity contribution in [1.29, 1.82) is 0 Å². The smallest absolute Gasteiger partial charge is 0.376 e. The molecule has 1 amide bonds. The van der Waals surface area contributed by atoms with Crippen molar-refractivity contribution in [1.82, 2.24) is 0 Å². The monoisotopic (exact) mass is 359 g/mol. The lowest BCUT2D eigenvalue weighted by Gasteiger charge is -2.08. The van der Waals surface area contributed by atoms with Crippen LogP contribution >= 0.6 is 0 Å². The van der Waals surface area contributed by atoms with Gasteiger partial charge in [0.05, 0.1) is 6.61 Å². The number of para-hydroxylation sites is 1. The molecule has 0 bridgehead atoms. The molecule has 5 heteroatoms. The molecule has 0 saturated heterocycles. The van der Waals surface area contributed by atoms with Gasteiger partial charge in [-0.05, 0) is 35.9 Å². The van der Waals surface area contributed by atoms with Crippen molar-refractivity contribution >= 4 is 39.3 Å². The highest BCUT2D eigenvalue weighted by atomic mass is 16.5. The van der Waals surface area contributed by atoms with E-state index >= 15 is 0 Å². The first-order valence-electron chi connectivity index (χ1n) is 8.67. The Labute approximate surface area is 155 Å². The van der Waals surface area contributed by atoms with Gasteiger partial charge >= 0.3 is 5.97 Å². The van der Waals surface area contributed by atoms with Crippen molar-refractivity contribution < 1.29 is 18.7 Å². The summed E-state index contributed by atoms with van der Waals surface area (Å²) in [5, 5.41) is 5.30. The summed E-state index contributed by atoms with van der Waals surface area (Å²) in [5.74, 6) is -0.933. The van der Waals surface area contributed by atoms with Gasteiger partial charge in [-0.1, -0.05) is 48.5 Å². The Bertz CT molecular complexity index is 1150. The fraction of sp³-hybridized carbons (Fsp3) is 0.0909. The van der Waals surface area contributed by atoms with Gasteiger partial charge in [-0.2, -0.15) is 0 Å². The molecule has 5 nitrogen and oxygen atoms in total. The van der Waals surface area contributed by atoms with Crippen LogP contribution in [0.3, 0.4) is 0 Å². The minimum Gasteiger partial charge on any atom is -0.460 e. The van der Waals surface area contributed by atoms with E-state index in [9.17, 15) is 9.59 Å². The topological polar surface area (TPSA) is 68.5 Å². The highest BCUT2D eigenvalue weighted by molar-refractivity contribution is 6.17. The Hall–Kier alpha value is -3.60. The summed E-state index contributed by atoms with van der Waals surface area (Å²) in [6, 6.07) is 20.3. The first-order chi connectivity index (χ1) is 13.2. The second-order valence-corrected chi connectivity index (χ2v) is 6.00. The number of carbonyl (C=O) groups is 2. The maximum atomic E-state index is 13.0. The number of ether oxygens (including phenoxy) is 1. The zero-order chi connectivity index (χ0) is 18.8. The van der Waals surface area contributed by atoms with Gasteiger partial charge in [0, 0.05) is 10.9 Å². The van der Waals surface area contributed by atoms with E-state index in [1.807, 2.05) is 42.5 Å². The molecule has 4 aromatic rings. The van der Waals surface area contributed by atoms with Crippen LogP contribution in [0.4, 0.5) is 5.69 Å². The van der Waals surface area contributed by atoms with Crippen LogP contribution in [0.5, 0.6) is 0 Å². The predicted octanol–water partition coefficient (Wildman–Crippen LogP) is 5.02. The Morgan fingerprint density at radius 3 is 2.44 bits per heavy atom. The van der Waals surface area contributed by atoms with Gasteiger partial charge in [0.2, 0.25) is 5.76 Å². The van der Waals surface area contributed by atoms with Crippen molar-refractivity contribution in [3.05, 3.63) is 78.1 Å². The van der Waals surface area contributed by atoms with Crippen LogP contribution in [-0.2, 0) is 4.74 Å². The Morgan fingerprint density at radius 1 is 0.926 bits per heavy atom. The van der Waals surface area contributed by atoms with Crippen LogP contribution in [-0.4, -0.2) is 18.5 Å². The number of hydrogen-bond acceptors (Lipinski definition) is 4. The number of carbonyl (C=O) groups excluding carboxylic acids is 2. The molecule has 0 unspecified atom stereocenters. The van der Waals surface area contributed by atoms with Crippen LogP contribution in [0.15, 0.2) is 71.1 Å². The van der Waals surface area contributed by atoms with Crippen LogP contribution in [0, 0.1) is 0 Å². The number of amides is 1. The number of furan rings is 1. The molecule has 1 N–H and O–H groups in total. The van der Waals surface area contributed by atoms with Gasteiger partial charge in [-0.25, -0.2) is 4.79 Å². The number of hydrogen-bond donors (Lipinski definition) is 1. The molecule has 27 heavy (non-hydrogen) atoms. The number of rotatable bonds is 4. The first-order valence-corrected chi connectivity index (χ1v) is 8.67. The van der Waals surface area contributed by atoms with Crippen molar-refractivity contribution in [2.75, 3.05) is 11.9 Å². The van der Waals surface area contributed by atoms with Gasteiger partial charge in [0.25, 0.3) is 5.91 Å². The summed E-state index contributed by atoms with van der Waals surface area (Å²) in [7, 11) is 0. The van der Waals surface area contributed by atoms with Gasteiger partial charge in [-0.3, -0.25) is 4.79 Å². The van der Waals surface area contributed by atoms with Crippen LogP contribution in [0.25, 0.3) is 21.7 Å². The average molecular weight is 359 g/mol. The van der Waals surface area contributed by atoms with E-state index in [0.29, 0.717) is 22.2 Å². The largest absolute Gasteiger partial charge is 0.460 e. The van der Waals surface area contributed by atoms with E-state index in [2.05, 4.69) is 5.32 Å². The summed E-state index contributed by atoms with van der Waals surface area (Å²) in [6.07, 6.45) is 0. The van der Waals surface area contributed by atoms with E-state index in [1.165, 1.54) is 0 Å². The second-order valence-electron chi connectivity index (χ2n) is 6.00. The molecule has 0 fully saturated rings. The van der Waals surface area contributed by atoms with E-state index in [4.69, 9.17) is 9.15 Å². The molecule has 0 saturated carbocycles. The highest BCUT2D eigenvalue weighted by Gasteiger charge is 2.24. The van der Waals surface area contributed by atoms with E-state index in [1.54, 1.807) is 31.2 Å². The molecule has 0 aliphatic heterocycles. The molecule has 134 valence electrons. The fourth-order valence-corrected chi connectivity index (χ4v) is 3.11. The van der Waals surface area contributed by atoms with Crippen molar-refractivity contribution in [3.63, 3.8) is 0 Å². The standard InChI is InChI=1S/C22H17NO4/c1-2-26-22(25)20-19(17-11-5-6-13-18(17)27-20)23-21(24)16-12-7-9-14-8-3-4-10-15(14)16/h3-13H,2H2,1H3,(H,23,24). The third-order valence-electron chi connectivity index (χ3n) is 4.33. The van der Waals surface area contributed by atoms with Crippen molar-refractivity contribution in [2.24, 2.45) is 0 Å². The summed E-state index contributed by atoms with van der Waals surface area (Å²) in [6.45, 7) is 1.93. The van der Waals surface area contributed by atoms with Gasteiger partial charge < -0.3 is 14.5 Å². The van der Waals surface area contributed by atoms with Crippen LogP contribution in [0.2, 0.25) is 0 Å². The Kier molecular flexibility index (Phi) is 4.34. The normalized spacial score (nSPS) is 10.9. The minimum absolute atomic E-state index is 0.00774. The number of anilines is 1. The Balaban J connectivity index is 1.79. The highest BCUT2D eigenvalue weighted by Crippen LogP contribution is 2.32. The third kappa shape index (κ3) is 3.04. The molecule has 3 aromatic carbocycles. The molecule has 0 aliphatic carbocycles. The minimum atomic E-state index is -0.609. The zero-order valence-corrected chi connectivity index (χ0v) is 14.7. The number of nitrogens with one attached hydrogen (secondary N) is 1. The van der Waals surface area contributed by atoms with E-state index in [0.717, 1.165) is 10.8 Å². The number of fused-ring (bicyclic) bond motifs is 2. The number of esters is 1.